The van der Waals surface area contributed by atoms with Gasteiger partial charge in [-0.3, -0.25) is 13.8 Å². The number of nitrogens with zero attached hydrogens (tertiary/aromatic N) is 1. The predicted octanol–water partition coefficient (Wildman–Crippen LogP) is 11.4. The number of unbranched alkanes of at least 4 members (excludes halogenated alkanes) is 21. The van der Waals surface area contributed by atoms with Crippen molar-refractivity contribution < 1.29 is 32.9 Å². The van der Waals surface area contributed by atoms with Gasteiger partial charge in [0.2, 0.25) is 5.91 Å². The molecule has 8 nitrogen and oxygen atoms in total. The van der Waals surface area contributed by atoms with E-state index in [0.717, 1.165) is 44.9 Å². The average Bonchev–Trinajstić information content (AvgIpc) is 3.07. The fraction of sp³-hybridized carbons (Fsp3) is 0.881. The van der Waals surface area contributed by atoms with E-state index >= 15 is 0 Å². The average molecular weight is 744 g/mol. The second kappa shape index (κ2) is 34.7. The van der Waals surface area contributed by atoms with E-state index in [2.05, 4.69) is 43.5 Å². The van der Waals surface area contributed by atoms with Gasteiger partial charge in [-0.25, -0.2) is 4.57 Å². The molecule has 0 aromatic carbocycles. The second-order valence-electron chi connectivity index (χ2n) is 15.7. The highest BCUT2D eigenvalue weighted by Gasteiger charge is 2.28. The van der Waals surface area contributed by atoms with Gasteiger partial charge in [0.05, 0.1) is 39.9 Å². The number of nitrogens with one attached hydrogen (secondary N) is 1. The van der Waals surface area contributed by atoms with Crippen LogP contribution in [0.1, 0.15) is 187 Å². The topological polar surface area (TPSA) is 105 Å². The molecule has 0 spiro atoms. The third-order valence-electron chi connectivity index (χ3n) is 9.42. The maximum atomic E-state index is 12.8. The molecular formula is C42H84N2O6P+. The van der Waals surface area contributed by atoms with Crippen LogP contribution >= 0.6 is 7.82 Å². The fourth-order valence-electron chi connectivity index (χ4n) is 5.97. The zero-order valence-electron chi connectivity index (χ0n) is 34.1. The number of phosphoric acid groups is 1. The molecule has 0 saturated carbocycles. The van der Waals surface area contributed by atoms with Crippen molar-refractivity contribution in [3.05, 3.63) is 24.3 Å². The quantitative estimate of drug-likeness (QED) is 0.0252. The van der Waals surface area contributed by atoms with Crippen molar-refractivity contribution in [2.24, 2.45) is 0 Å². The molecule has 0 bridgehead atoms. The van der Waals surface area contributed by atoms with Crippen molar-refractivity contribution >= 4 is 13.7 Å². The molecule has 3 atom stereocenters. The van der Waals surface area contributed by atoms with Crippen LogP contribution in [0.15, 0.2) is 24.3 Å². The number of carbonyl (C=O) groups is 1. The molecule has 0 aliphatic rings. The maximum Gasteiger partial charge on any atom is 0.472 e. The van der Waals surface area contributed by atoms with Gasteiger partial charge in [0.25, 0.3) is 0 Å². The Bertz CT molecular complexity index is 891. The highest BCUT2D eigenvalue weighted by atomic mass is 31.2. The number of rotatable bonds is 38. The molecule has 1 unspecified atom stereocenters. The first kappa shape index (κ1) is 50.0. The van der Waals surface area contributed by atoms with Crippen LogP contribution in [-0.4, -0.2) is 73.4 Å². The number of likely N-dealkylation sites (N-methyl/N-ethyl adjacent to an activating group) is 1. The highest BCUT2D eigenvalue weighted by molar-refractivity contribution is 7.47. The Morgan fingerprint density at radius 1 is 0.647 bits per heavy atom. The number of allylic oxidation sites excluding steroid dienone is 4. The first-order chi connectivity index (χ1) is 24.5. The zero-order valence-corrected chi connectivity index (χ0v) is 35.0. The Kier molecular flexibility index (Phi) is 34.0. The number of amides is 1. The molecule has 0 saturated heterocycles. The molecule has 0 radical (unpaired) electrons. The summed E-state index contributed by atoms with van der Waals surface area (Å²) in [6, 6.07) is -0.775. The van der Waals surface area contributed by atoms with E-state index in [0.29, 0.717) is 23.9 Å². The smallest absolute Gasteiger partial charge is 0.391 e. The van der Waals surface area contributed by atoms with Gasteiger partial charge in [-0.15, -0.1) is 0 Å². The highest BCUT2D eigenvalue weighted by Crippen LogP contribution is 2.43. The number of carbonyl (C=O) groups excluding carboxylic acids is 1. The van der Waals surface area contributed by atoms with Crippen LogP contribution in [0, 0.1) is 0 Å². The van der Waals surface area contributed by atoms with Crippen molar-refractivity contribution in [3.8, 4) is 0 Å². The number of phosphoric ester groups is 1. The van der Waals surface area contributed by atoms with E-state index in [4.69, 9.17) is 9.05 Å². The van der Waals surface area contributed by atoms with Crippen molar-refractivity contribution in [3.63, 3.8) is 0 Å². The zero-order chi connectivity index (χ0) is 37.9. The van der Waals surface area contributed by atoms with Gasteiger partial charge in [0.1, 0.15) is 13.2 Å². The van der Waals surface area contributed by atoms with Crippen LogP contribution in [0.2, 0.25) is 0 Å². The minimum atomic E-state index is -4.32. The van der Waals surface area contributed by atoms with E-state index in [-0.39, 0.29) is 19.1 Å². The molecule has 3 N–H and O–H groups in total. The van der Waals surface area contributed by atoms with Gasteiger partial charge in [0, 0.05) is 6.42 Å². The third kappa shape index (κ3) is 37.1. The van der Waals surface area contributed by atoms with Crippen LogP contribution in [0.25, 0.3) is 0 Å². The minimum absolute atomic E-state index is 0.0690. The SMILES string of the molecule is CCCCCCCC/C=C/CCCCCCCCCC(=O)N[C@@H](COP(=O)(O)OCC[N+](C)(C)C)[C@H](O)CCCC/C=C/CCCCCCCC. The first-order valence-electron chi connectivity index (χ1n) is 21.2. The van der Waals surface area contributed by atoms with Gasteiger partial charge in [-0.1, -0.05) is 141 Å². The van der Waals surface area contributed by atoms with Gasteiger partial charge >= 0.3 is 7.82 Å². The summed E-state index contributed by atoms with van der Waals surface area (Å²) < 4.78 is 23.5. The Morgan fingerprint density at radius 2 is 1.06 bits per heavy atom. The molecule has 0 rings (SSSR count). The van der Waals surface area contributed by atoms with Crippen LogP contribution in [0.5, 0.6) is 0 Å². The second-order valence-corrected chi connectivity index (χ2v) is 17.2. The predicted molar refractivity (Wildman–Crippen MR) is 217 cm³/mol. The van der Waals surface area contributed by atoms with Crippen molar-refractivity contribution in [1.82, 2.24) is 5.32 Å². The van der Waals surface area contributed by atoms with E-state index in [1.807, 2.05) is 21.1 Å². The van der Waals surface area contributed by atoms with Crippen LogP contribution in [0.3, 0.4) is 0 Å². The molecule has 0 fully saturated rings. The molecule has 0 aliphatic heterocycles. The molecule has 0 aliphatic carbocycles. The van der Waals surface area contributed by atoms with Crippen LogP contribution in [-0.2, 0) is 18.4 Å². The van der Waals surface area contributed by atoms with E-state index in [9.17, 15) is 19.4 Å². The molecule has 9 heteroatoms. The summed E-state index contributed by atoms with van der Waals surface area (Å²) in [6.07, 6.45) is 39.2. The summed E-state index contributed by atoms with van der Waals surface area (Å²) in [5.41, 5.74) is 0. The van der Waals surface area contributed by atoms with Crippen molar-refractivity contribution in [2.45, 2.75) is 199 Å². The number of hydrogen-bond donors (Lipinski definition) is 3. The summed E-state index contributed by atoms with van der Waals surface area (Å²) in [4.78, 5) is 23.1. The standard InChI is InChI=1S/C42H83N2O6P/c1-6-8-10-12-14-16-18-20-21-22-23-24-26-28-30-32-34-36-42(46)43-40(39-50-51(47,48)49-38-37-44(3,4)5)41(45)35-33-31-29-27-25-19-17-15-13-11-9-7-2/h20-21,25,27,40-41,45H,6-19,22-24,26,28-39H2,1-5H3,(H-,43,46,47,48)/p+1/b21-20+,27-25+/t40-,41+/m0/s1. The minimum Gasteiger partial charge on any atom is -0.391 e. The number of aliphatic hydroxyl groups is 1. The van der Waals surface area contributed by atoms with Gasteiger partial charge < -0.3 is 19.8 Å². The lowest BCUT2D eigenvalue weighted by atomic mass is 10.0. The number of hydrogen-bond acceptors (Lipinski definition) is 5. The molecule has 0 aromatic rings. The van der Waals surface area contributed by atoms with E-state index in [1.165, 1.54) is 116 Å². The molecule has 1 amide bonds. The molecule has 51 heavy (non-hydrogen) atoms. The summed E-state index contributed by atoms with van der Waals surface area (Å²) in [7, 11) is 1.59. The molecule has 0 aromatic heterocycles. The van der Waals surface area contributed by atoms with Gasteiger partial charge in [-0.05, 0) is 64.2 Å². The lowest BCUT2D eigenvalue weighted by Crippen LogP contribution is -2.46. The normalized spacial score (nSPS) is 14.7. The molecule has 0 heterocycles. The fourth-order valence-corrected chi connectivity index (χ4v) is 6.71. The van der Waals surface area contributed by atoms with Gasteiger partial charge in [0.15, 0.2) is 0 Å². The third-order valence-corrected chi connectivity index (χ3v) is 10.4. The summed E-state index contributed by atoms with van der Waals surface area (Å²) in [5, 5.41) is 13.9. The lowest BCUT2D eigenvalue weighted by Gasteiger charge is -2.26. The van der Waals surface area contributed by atoms with Crippen LogP contribution in [0.4, 0.5) is 0 Å². The Labute approximate surface area is 315 Å². The van der Waals surface area contributed by atoms with E-state index in [1.54, 1.807) is 0 Å². The van der Waals surface area contributed by atoms with Crippen molar-refractivity contribution in [2.75, 3.05) is 40.9 Å². The monoisotopic (exact) mass is 744 g/mol. The number of quaternary nitrogens is 1. The summed E-state index contributed by atoms with van der Waals surface area (Å²) in [6.45, 7) is 4.84. The Morgan fingerprint density at radius 3 is 1.51 bits per heavy atom. The van der Waals surface area contributed by atoms with Gasteiger partial charge in [-0.2, -0.15) is 0 Å². The molecule has 302 valence electrons. The largest absolute Gasteiger partial charge is 0.472 e. The Hall–Kier alpha value is -1.02. The lowest BCUT2D eigenvalue weighted by molar-refractivity contribution is -0.870. The number of aliphatic hydroxyl groups excluding tert-OH is 1. The first-order valence-corrected chi connectivity index (χ1v) is 22.7. The van der Waals surface area contributed by atoms with E-state index < -0.39 is 20.0 Å². The van der Waals surface area contributed by atoms with Crippen molar-refractivity contribution in [1.29, 1.82) is 0 Å². The molecular weight excluding hydrogens is 659 g/mol. The van der Waals surface area contributed by atoms with Crippen LogP contribution < -0.4 is 5.32 Å². The maximum absolute atomic E-state index is 12.8. The summed E-state index contributed by atoms with van der Waals surface area (Å²) in [5.74, 6) is -0.160. The summed E-state index contributed by atoms with van der Waals surface area (Å²) >= 11 is 0. The Balaban J connectivity index is 4.41.